The molecule has 1 aromatic heterocycles. The van der Waals surface area contributed by atoms with E-state index < -0.39 is 5.97 Å². The molecule has 0 spiro atoms. The van der Waals surface area contributed by atoms with E-state index in [1.807, 2.05) is 6.92 Å². The molecule has 88 valence electrons. The van der Waals surface area contributed by atoms with Gasteiger partial charge in [0, 0.05) is 13.2 Å². The second-order valence-corrected chi connectivity index (χ2v) is 3.62. The summed E-state index contributed by atoms with van der Waals surface area (Å²) in [6.07, 6.45) is 1.28. The maximum absolute atomic E-state index is 10.8. The molecule has 0 aliphatic heterocycles. The summed E-state index contributed by atoms with van der Waals surface area (Å²) in [4.78, 5) is 20.5. The molecule has 6 heteroatoms. The van der Waals surface area contributed by atoms with Crippen molar-refractivity contribution in [2.45, 2.75) is 19.9 Å². The van der Waals surface area contributed by atoms with Crippen molar-refractivity contribution in [3.63, 3.8) is 0 Å². The number of nitrogens with zero attached hydrogens (tertiary/aromatic N) is 3. The highest BCUT2D eigenvalue weighted by atomic mass is 16.4. The van der Waals surface area contributed by atoms with Crippen LogP contribution in [0.1, 0.15) is 23.0 Å². The number of carboxylic acids is 1. The molecule has 1 unspecified atom stereocenters. The van der Waals surface area contributed by atoms with Crippen LogP contribution in [0.15, 0.2) is 6.20 Å². The monoisotopic (exact) mass is 225 g/mol. The molecule has 1 heterocycles. The standard InChI is InChI=1S/C10H15N3O3/c1-6(5-14)13(3)10-11-4-8(9(15)16)7(2)12-10/h4,6,14H,5H2,1-3H3,(H,15,16). The third-order valence-corrected chi connectivity index (χ3v) is 2.44. The molecule has 0 aliphatic carbocycles. The average Bonchev–Trinajstić information content (AvgIpc) is 2.26. The lowest BCUT2D eigenvalue weighted by Crippen LogP contribution is -2.33. The number of aromatic carboxylic acids is 1. The molecule has 0 fully saturated rings. The molecule has 1 rings (SSSR count). The van der Waals surface area contributed by atoms with Gasteiger partial charge >= 0.3 is 5.97 Å². The Morgan fingerprint density at radius 1 is 1.62 bits per heavy atom. The van der Waals surface area contributed by atoms with Crippen molar-refractivity contribution in [3.05, 3.63) is 17.5 Å². The second kappa shape index (κ2) is 4.89. The first-order valence-electron chi connectivity index (χ1n) is 4.88. The lowest BCUT2D eigenvalue weighted by atomic mass is 10.2. The summed E-state index contributed by atoms with van der Waals surface area (Å²) in [6.45, 7) is 3.43. The first kappa shape index (κ1) is 12.4. The van der Waals surface area contributed by atoms with Gasteiger partial charge in [0.15, 0.2) is 0 Å². The van der Waals surface area contributed by atoms with Gasteiger partial charge in [0.1, 0.15) is 0 Å². The molecular weight excluding hydrogens is 210 g/mol. The molecule has 0 saturated carbocycles. The number of carboxylic acid groups (broad SMARTS) is 1. The molecule has 0 radical (unpaired) electrons. The fraction of sp³-hybridized carbons (Fsp3) is 0.500. The molecule has 0 aliphatic rings. The van der Waals surface area contributed by atoms with E-state index in [1.165, 1.54) is 6.20 Å². The zero-order chi connectivity index (χ0) is 12.3. The summed E-state index contributed by atoms with van der Waals surface area (Å²) < 4.78 is 0. The Kier molecular flexibility index (Phi) is 3.78. The van der Waals surface area contributed by atoms with Gasteiger partial charge in [-0.15, -0.1) is 0 Å². The van der Waals surface area contributed by atoms with Crippen molar-refractivity contribution in [3.8, 4) is 0 Å². The van der Waals surface area contributed by atoms with Crippen molar-refractivity contribution in [2.75, 3.05) is 18.6 Å². The molecule has 0 bridgehead atoms. The number of hydrogen-bond acceptors (Lipinski definition) is 5. The van der Waals surface area contributed by atoms with E-state index in [0.29, 0.717) is 11.6 Å². The highest BCUT2D eigenvalue weighted by molar-refractivity contribution is 5.88. The summed E-state index contributed by atoms with van der Waals surface area (Å²) in [5.74, 6) is -0.633. The SMILES string of the molecule is Cc1nc(N(C)C(C)CO)ncc1C(=O)O. The van der Waals surface area contributed by atoms with Crippen LogP contribution in [-0.4, -0.2) is 45.8 Å². The van der Waals surface area contributed by atoms with Crippen LogP contribution in [0.5, 0.6) is 0 Å². The Hall–Kier alpha value is -1.69. The van der Waals surface area contributed by atoms with Crippen LogP contribution in [0, 0.1) is 6.92 Å². The van der Waals surface area contributed by atoms with E-state index >= 15 is 0 Å². The summed E-state index contributed by atoms with van der Waals surface area (Å²) >= 11 is 0. The third-order valence-electron chi connectivity index (χ3n) is 2.44. The van der Waals surface area contributed by atoms with Crippen LogP contribution in [0.2, 0.25) is 0 Å². The van der Waals surface area contributed by atoms with Crippen molar-refractivity contribution >= 4 is 11.9 Å². The highest BCUT2D eigenvalue weighted by Gasteiger charge is 2.15. The quantitative estimate of drug-likeness (QED) is 0.766. The molecule has 2 N–H and O–H groups in total. The van der Waals surface area contributed by atoms with Crippen LogP contribution >= 0.6 is 0 Å². The van der Waals surface area contributed by atoms with Crippen molar-refractivity contribution in [2.24, 2.45) is 0 Å². The molecule has 1 atom stereocenters. The van der Waals surface area contributed by atoms with E-state index in [4.69, 9.17) is 10.2 Å². The Bertz CT molecular complexity index is 395. The maximum Gasteiger partial charge on any atom is 0.339 e. The number of aryl methyl sites for hydroxylation is 1. The summed E-state index contributed by atoms with van der Waals surface area (Å²) in [7, 11) is 1.75. The van der Waals surface area contributed by atoms with Gasteiger partial charge in [-0.25, -0.2) is 14.8 Å². The van der Waals surface area contributed by atoms with E-state index in [2.05, 4.69) is 9.97 Å². The lowest BCUT2D eigenvalue weighted by Gasteiger charge is -2.23. The fourth-order valence-electron chi connectivity index (χ4n) is 1.15. The minimum Gasteiger partial charge on any atom is -0.478 e. The number of rotatable bonds is 4. The smallest absolute Gasteiger partial charge is 0.339 e. The third kappa shape index (κ3) is 2.46. The van der Waals surface area contributed by atoms with Gasteiger partial charge in [-0.3, -0.25) is 0 Å². The zero-order valence-corrected chi connectivity index (χ0v) is 9.51. The number of hydrogen-bond donors (Lipinski definition) is 2. The zero-order valence-electron chi connectivity index (χ0n) is 9.51. The molecule has 0 amide bonds. The Labute approximate surface area is 93.6 Å². The van der Waals surface area contributed by atoms with Gasteiger partial charge in [-0.1, -0.05) is 0 Å². The average molecular weight is 225 g/mol. The number of carbonyl (C=O) groups is 1. The highest BCUT2D eigenvalue weighted by Crippen LogP contribution is 2.12. The topological polar surface area (TPSA) is 86.5 Å². The Morgan fingerprint density at radius 2 is 2.25 bits per heavy atom. The maximum atomic E-state index is 10.8. The first-order valence-corrected chi connectivity index (χ1v) is 4.88. The largest absolute Gasteiger partial charge is 0.478 e. The molecule has 1 aromatic rings. The summed E-state index contributed by atoms with van der Waals surface area (Å²) in [6, 6.07) is -0.116. The van der Waals surface area contributed by atoms with Gasteiger partial charge in [-0.05, 0) is 13.8 Å². The Balaban J connectivity index is 3.01. The van der Waals surface area contributed by atoms with E-state index in [9.17, 15) is 4.79 Å². The number of likely N-dealkylation sites (N-methyl/N-ethyl adjacent to an activating group) is 1. The predicted octanol–water partition coefficient (Wildman–Crippen LogP) is 0.300. The van der Waals surface area contributed by atoms with Gasteiger partial charge in [0.25, 0.3) is 0 Å². The van der Waals surface area contributed by atoms with Gasteiger partial charge in [0.2, 0.25) is 5.95 Å². The van der Waals surface area contributed by atoms with Gasteiger partial charge in [0.05, 0.1) is 23.9 Å². The summed E-state index contributed by atoms with van der Waals surface area (Å²) in [5.41, 5.74) is 0.503. The summed E-state index contributed by atoms with van der Waals surface area (Å²) in [5, 5.41) is 17.8. The first-order chi connectivity index (χ1) is 7.47. The van der Waals surface area contributed by atoms with Crippen LogP contribution in [0.4, 0.5) is 5.95 Å². The second-order valence-electron chi connectivity index (χ2n) is 3.62. The van der Waals surface area contributed by atoms with Crippen molar-refractivity contribution in [1.82, 2.24) is 9.97 Å². The van der Waals surface area contributed by atoms with Crippen LogP contribution in [0.25, 0.3) is 0 Å². The number of aromatic nitrogens is 2. The van der Waals surface area contributed by atoms with Gasteiger partial charge in [-0.2, -0.15) is 0 Å². The molecule has 0 saturated heterocycles. The minimum absolute atomic E-state index is 0.0143. The van der Waals surface area contributed by atoms with E-state index in [1.54, 1.807) is 18.9 Å². The Morgan fingerprint density at radius 3 is 2.69 bits per heavy atom. The van der Waals surface area contributed by atoms with Crippen molar-refractivity contribution < 1.29 is 15.0 Å². The normalized spacial score (nSPS) is 12.2. The van der Waals surface area contributed by atoms with Crippen LogP contribution < -0.4 is 4.90 Å². The molecular formula is C10H15N3O3. The van der Waals surface area contributed by atoms with E-state index in [0.717, 1.165) is 0 Å². The predicted molar refractivity (Wildman–Crippen MR) is 58.7 cm³/mol. The number of anilines is 1. The van der Waals surface area contributed by atoms with Crippen LogP contribution in [-0.2, 0) is 0 Å². The molecule has 0 aromatic carbocycles. The minimum atomic E-state index is -1.04. The number of aliphatic hydroxyl groups is 1. The van der Waals surface area contributed by atoms with Gasteiger partial charge < -0.3 is 15.1 Å². The van der Waals surface area contributed by atoms with Crippen molar-refractivity contribution in [1.29, 1.82) is 0 Å². The fourth-order valence-corrected chi connectivity index (χ4v) is 1.15. The lowest BCUT2D eigenvalue weighted by molar-refractivity contribution is 0.0695. The number of aliphatic hydroxyl groups excluding tert-OH is 1. The van der Waals surface area contributed by atoms with E-state index in [-0.39, 0.29) is 18.2 Å². The van der Waals surface area contributed by atoms with Crippen LogP contribution in [0.3, 0.4) is 0 Å². The molecule has 16 heavy (non-hydrogen) atoms. The molecule has 6 nitrogen and oxygen atoms in total.